The second kappa shape index (κ2) is 12.4. The number of ether oxygens (including phenoxy) is 1. The Bertz CT molecular complexity index is 1350. The summed E-state index contributed by atoms with van der Waals surface area (Å²) < 4.78 is 40.6. The molecule has 1 saturated heterocycles. The molecule has 1 fully saturated rings. The maximum atomic E-state index is 12.2. The second-order valence-corrected chi connectivity index (χ2v) is 9.11. The zero-order valence-electron chi connectivity index (χ0n) is 20.3. The third-order valence-electron chi connectivity index (χ3n) is 5.26. The van der Waals surface area contributed by atoms with Gasteiger partial charge in [-0.2, -0.15) is 5.10 Å². The van der Waals surface area contributed by atoms with Gasteiger partial charge in [0, 0.05) is 24.1 Å². The van der Waals surface area contributed by atoms with Gasteiger partial charge in [0.15, 0.2) is 5.17 Å². The SMILES string of the molecule is Cc1cccnc1N1CCCS/C1=N\N=C\c1ccc(C(N)=NC=Nc2ccc(OC(F)(F)F)cc2)cc1. The first-order valence-electron chi connectivity index (χ1n) is 11.5. The van der Waals surface area contributed by atoms with Crippen molar-refractivity contribution in [3.63, 3.8) is 0 Å². The topological polar surface area (TPSA) is 101 Å². The Morgan fingerprint density at radius 2 is 1.87 bits per heavy atom. The van der Waals surface area contributed by atoms with Gasteiger partial charge in [0.25, 0.3) is 0 Å². The molecule has 38 heavy (non-hydrogen) atoms. The van der Waals surface area contributed by atoms with Gasteiger partial charge < -0.3 is 15.4 Å². The number of benzene rings is 2. The smallest absolute Gasteiger partial charge is 0.406 e. The third kappa shape index (κ3) is 7.65. The highest BCUT2D eigenvalue weighted by Crippen LogP contribution is 2.26. The van der Waals surface area contributed by atoms with Gasteiger partial charge in [-0.05, 0) is 54.8 Å². The van der Waals surface area contributed by atoms with E-state index in [1.54, 1.807) is 36.3 Å². The molecule has 0 atom stereocenters. The van der Waals surface area contributed by atoms with Crippen molar-refractivity contribution in [3.8, 4) is 5.75 Å². The predicted molar refractivity (Wildman–Crippen MR) is 147 cm³/mol. The minimum atomic E-state index is -4.74. The molecule has 196 valence electrons. The summed E-state index contributed by atoms with van der Waals surface area (Å²) in [7, 11) is 0. The fourth-order valence-electron chi connectivity index (χ4n) is 3.45. The number of nitrogens with zero attached hydrogens (tertiary/aromatic N) is 6. The number of amidine groups is 2. The molecule has 0 radical (unpaired) electrons. The highest BCUT2D eigenvalue weighted by Gasteiger charge is 2.30. The molecule has 0 bridgehead atoms. The number of hydrogen-bond donors (Lipinski definition) is 1. The number of aryl methyl sites for hydroxylation is 1. The lowest BCUT2D eigenvalue weighted by molar-refractivity contribution is -0.274. The van der Waals surface area contributed by atoms with E-state index in [-0.39, 0.29) is 11.6 Å². The summed E-state index contributed by atoms with van der Waals surface area (Å²) in [5.74, 6) is 1.77. The van der Waals surface area contributed by atoms with Crippen LogP contribution in [-0.4, -0.2) is 47.2 Å². The maximum Gasteiger partial charge on any atom is 0.573 e. The van der Waals surface area contributed by atoms with Gasteiger partial charge in [0.2, 0.25) is 0 Å². The van der Waals surface area contributed by atoms with E-state index in [4.69, 9.17) is 5.73 Å². The molecule has 1 aromatic heterocycles. The van der Waals surface area contributed by atoms with Crippen LogP contribution in [-0.2, 0) is 0 Å². The van der Waals surface area contributed by atoms with Gasteiger partial charge in [0.1, 0.15) is 23.7 Å². The zero-order chi connectivity index (χ0) is 27.0. The van der Waals surface area contributed by atoms with Crippen molar-refractivity contribution in [3.05, 3.63) is 83.6 Å². The molecular weight excluding hydrogens is 515 g/mol. The molecule has 0 amide bonds. The zero-order valence-corrected chi connectivity index (χ0v) is 21.2. The van der Waals surface area contributed by atoms with Crippen molar-refractivity contribution in [2.24, 2.45) is 25.9 Å². The minimum absolute atomic E-state index is 0.231. The van der Waals surface area contributed by atoms with Crippen LogP contribution in [0.15, 0.2) is 87.0 Å². The Morgan fingerprint density at radius 1 is 1.11 bits per heavy atom. The molecule has 1 aliphatic heterocycles. The van der Waals surface area contributed by atoms with Crippen molar-refractivity contribution in [2.75, 3.05) is 17.2 Å². The first-order chi connectivity index (χ1) is 18.3. The Hall–Kier alpha value is -4.19. The molecule has 2 N–H and O–H groups in total. The fraction of sp³-hybridized carbons (Fsp3) is 0.192. The molecule has 4 rings (SSSR count). The summed E-state index contributed by atoms with van der Waals surface area (Å²) in [6.45, 7) is 2.87. The lowest BCUT2D eigenvalue weighted by Gasteiger charge is -2.28. The van der Waals surface area contributed by atoms with Gasteiger partial charge in [0.05, 0.1) is 11.9 Å². The number of anilines is 1. The molecule has 0 aliphatic carbocycles. The van der Waals surface area contributed by atoms with Crippen molar-refractivity contribution in [2.45, 2.75) is 19.7 Å². The van der Waals surface area contributed by atoms with Crippen LogP contribution in [0.1, 0.15) is 23.1 Å². The number of halogens is 3. The summed E-state index contributed by atoms with van der Waals surface area (Å²) in [4.78, 5) is 14.8. The Kier molecular flexibility index (Phi) is 8.74. The Morgan fingerprint density at radius 3 is 2.58 bits per heavy atom. The van der Waals surface area contributed by atoms with Gasteiger partial charge in [-0.3, -0.25) is 0 Å². The van der Waals surface area contributed by atoms with E-state index in [1.165, 1.54) is 30.6 Å². The fourth-order valence-corrected chi connectivity index (χ4v) is 4.34. The van der Waals surface area contributed by atoms with E-state index in [9.17, 15) is 13.2 Å². The number of aliphatic imine (C=N–C) groups is 2. The molecule has 0 unspecified atom stereocenters. The lowest BCUT2D eigenvalue weighted by Crippen LogP contribution is -2.35. The Balaban J connectivity index is 1.37. The summed E-state index contributed by atoms with van der Waals surface area (Å²) in [5.41, 5.74) is 9.02. The molecule has 1 aliphatic rings. The van der Waals surface area contributed by atoms with Crippen LogP contribution in [0.25, 0.3) is 0 Å². The molecule has 2 heterocycles. The van der Waals surface area contributed by atoms with Crippen LogP contribution in [0.5, 0.6) is 5.75 Å². The molecule has 8 nitrogen and oxygen atoms in total. The standard InChI is InChI=1S/C26H24F3N7OS/c1-18-4-2-13-31-24(18)36-14-3-15-38-25(36)35-34-16-19-5-7-20(8-6-19)23(30)33-17-32-21-9-11-22(12-10-21)37-26(27,28)29/h2,4-13,16-17H,3,14-15H2,1H3,(H2,30,32,33)/b34-16+,35-25-. The van der Waals surface area contributed by atoms with Crippen molar-refractivity contribution < 1.29 is 17.9 Å². The average molecular weight is 540 g/mol. The van der Waals surface area contributed by atoms with Gasteiger partial charge in [-0.25, -0.2) is 15.0 Å². The number of alkyl halides is 3. The van der Waals surface area contributed by atoms with Crippen molar-refractivity contribution in [1.82, 2.24) is 4.98 Å². The van der Waals surface area contributed by atoms with E-state index in [2.05, 4.69) is 34.8 Å². The minimum Gasteiger partial charge on any atom is -0.406 e. The van der Waals surface area contributed by atoms with Crippen LogP contribution in [0, 0.1) is 6.92 Å². The van der Waals surface area contributed by atoms with E-state index in [0.29, 0.717) is 11.3 Å². The molecule has 2 aromatic carbocycles. The van der Waals surface area contributed by atoms with E-state index >= 15 is 0 Å². The predicted octanol–water partition coefficient (Wildman–Crippen LogP) is 5.69. The summed E-state index contributed by atoms with van der Waals surface area (Å²) in [6.07, 6.45) is 0.975. The maximum absolute atomic E-state index is 12.2. The molecule has 0 spiro atoms. The molecule has 0 saturated carbocycles. The van der Waals surface area contributed by atoms with E-state index in [1.807, 2.05) is 31.2 Å². The first kappa shape index (κ1) is 26.9. The summed E-state index contributed by atoms with van der Waals surface area (Å²) >= 11 is 1.65. The van der Waals surface area contributed by atoms with Crippen molar-refractivity contribution >= 4 is 46.8 Å². The van der Waals surface area contributed by atoms with Gasteiger partial charge in [-0.1, -0.05) is 42.1 Å². The summed E-state index contributed by atoms with van der Waals surface area (Å²) in [5, 5.41) is 9.51. The quantitative estimate of drug-likeness (QED) is 0.236. The molecule has 12 heteroatoms. The first-order valence-corrected chi connectivity index (χ1v) is 12.5. The van der Waals surface area contributed by atoms with Crippen LogP contribution < -0.4 is 15.4 Å². The summed E-state index contributed by atoms with van der Waals surface area (Å²) in [6, 6.07) is 16.3. The highest BCUT2D eigenvalue weighted by molar-refractivity contribution is 8.14. The third-order valence-corrected chi connectivity index (χ3v) is 6.31. The average Bonchev–Trinajstić information content (AvgIpc) is 2.90. The van der Waals surface area contributed by atoms with Gasteiger partial charge in [-0.15, -0.1) is 18.3 Å². The van der Waals surface area contributed by atoms with Crippen LogP contribution in [0.4, 0.5) is 24.7 Å². The van der Waals surface area contributed by atoms with Crippen molar-refractivity contribution in [1.29, 1.82) is 0 Å². The number of thioether (sulfide) groups is 1. The van der Waals surface area contributed by atoms with Crippen LogP contribution in [0.3, 0.4) is 0 Å². The number of pyridine rings is 1. The normalized spacial score (nSPS) is 16.1. The van der Waals surface area contributed by atoms with Crippen LogP contribution >= 0.6 is 11.8 Å². The second-order valence-electron chi connectivity index (χ2n) is 8.05. The highest BCUT2D eigenvalue weighted by atomic mass is 32.2. The largest absolute Gasteiger partial charge is 0.573 e. The van der Waals surface area contributed by atoms with Gasteiger partial charge >= 0.3 is 6.36 Å². The van der Waals surface area contributed by atoms with Crippen LogP contribution in [0.2, 0.25) is 0 Å². The number of hydrogen-bond acceptors (Lipinski definition) is 6. The lowest BCUT2D eigenvalue weighted by atomic mass is 10.1. The van der Waals surface area contributed by atoms with E-state index in [0.717, 1.165) is 40.8 Å². The molecular formula is C26H24F3N7OS. The monoisotopic (exact) mass is 539 g/mol. The Labute approximate surface area is 221 Å². The number of nitrogens with two attached hydrogens (primary N) is 1. The number of rotatable bonds is 7. The van der Waals surface area contributed by atoms with E-state index < -0.39 is 6.36 Å². The molecule has 3 aromatic rings. The number of aromatic nitrogens is 1.